The summed E-state index contributed by atoms with van der Waals surface area (Å²) in [6.45, 7) is 4.48. The fourth-order valence-corrected chi connectivity index (χ4v) is 9.22. The monoisotopic (exact) mass is 885 g/mol. The van der Waals surface area contributed by atoms with Crippen molar-refractivity contribution < 1.29 is 33.6 Å². The second-order valence-electron chi connectivity index (χ2n) is 16.0. The highest BCUT2D eigenvalue weighted by Crippen LogP contribution is 2.55. The number of hydrogen-bond donors (Lipinski definition) is 2. The highest BCUT2D eigenvalue weighted by atomic mass is 16.5. The summed E-state index contributed by atoms with van der Waals surface area (Å²) in [5, 5.41) is 14.6. The molecule has 6 aromatic carbocycles. The predicted octanol–water partition coefficient (Wildman–Crippen LogP) is 8.90. The fourth-order valence-electron chi connectivity index (χ4n) is 9.22. The van der Waals surface area contributed by atoms with E-state index in [0.29, 0.717) is 28.6 Å². The first-order valence-electron chi connectivity index (χ1n) is 21.4. The van der Waals surface area contributed by atoms with Gasteiger partial charge in [0.2, 0.25) is 0 Å². The minimum atomic E-state index is -1.48. The average Bonchev–Trinajstić information content (AvgIpc) is 3.63. The van der Waals surface area contributed by atoms with Gasteiger partial charge in [-0.15, -0.1) is 5.16 Å². The van der Waals surface area contributed by atoms with E-state index in [-0.39, 0.29) is 13.0 Å². The van der Waals surface area contributed by atoms with E-state index in [0.717, 1.165) is 33.4 Å². The zero-order chi connectivity index (χ0) is 46.3. The molecule has 1 saturated carbocycles. The quantitative estimate of drug-likeness (QED) is 0.0302. The third kappa shape index (κ3) is 8.16. The molecule has 12 nitrogen and oxygen atoms in total. The Morgan fingerprint density at radius 3 is 1.41 bits per heavy atom. The number of benzene rings is 6. The lowest BCUT2D eigenvalue weighted by Gasteiger charge is -2.44. The van der Waals surface area contributed by atoms with Crippen LogP contribution in [0.1, 0.15) is 45.8 Å². The SMILES string of the molecule is C=C1C(n2ccc(=O)[nH]c2=O)CC(OC(c2ccccc2)(c2ccc(OC)cc2)c2ccc(OC)cc2)C1(/C=N/O)COC(c1ccccc1)(c1ccc(OC)cc1)c1ccc(OC)cc1. The number of nitrogens with zero attached hydrogens (tertiary/aromatic N) is 2. The summed E-state index contributed by atoms with van der Waals surface area (Å²) in [4.78, 5) is 28.6. The van der Waals surface area contributed by atoms with E-state index >= 15 is 0 Å². The molecule has 0 spiro atoms. The molecular formula is C54H51N3O9. The normalized spacial score (nSPS) is 17.4. The van der Waals surface area contributed by atoms with Gasteiger partial charge in [-0.3, -0.25) is 14.3 Å². The van der Waals surface area contributed by atoms with Crippen LogP contribution in [-0.2, 0) is 20.7 Å². The van der Waals surface area contributed by atoms with Gasteiger partial charge in [-0.25, -0.2) is 4.79 Å². The predicted molar refractivity (Wildman–Crippen MR) is 252 cm³/mol. The zero-order valence-corrected chi connectivity index (χ0v) is 37.1. The lowest BCUT2D eigenvalue weighted by atomic mass is 9.77. The van der Waals surface area contributed by atoms with Crippen molar-refractivity contribution in [3.63, 3.8) is 0 Å². The zero-order valence-electron chi connectivity index (χ0n) is 37.1. The van der Waals surface area contributed by atoms with Gasteiger partial charge in [-0.05, 0) is 93.9 Å². The maximum absolute atomic E-state index is 13.8. The van der Waals surface area contributed by atoms with Crippen LogP contribution in [0.25, 0.3) is 0 Å². The van der Waals surface area contributed by atoms with Crippen LogP contribution in [0.15, 0.2) is 197 Å². The molecule has 1 heterocycles. The molecule has 1 aromatic heterocycles. The molecule has 12 heteroatoms. The van der Waals surface area contributed by atoms with Crippen LogP contribution < -0.4 is 30.2 Å². The molecule has 0 saturated heterocycles. The molecule has 8 rings (SSSR count). The molecule has 1 aliphatic carbocycles. The molecule has 0 amide bonds. The maximum Gasteiger partial charge on any atom is 0.328 e. The smallest absolute Gasteiger partial charge is 0.328 e. The van der Waals surface area contributed by atoms with Gasteiger partial charge < -0.3 is 33.6 Å². The maximum atomic E-state index is 13.8. The third-order valence-corrected chi connectivity index (χ3v) is 12.7. The van der Waals surface area contributed by atoms with E-state index in [1.165, 1.54) is 23.0 Å². The molecule has 0 radical (unpaired) electrons. The molecule has 0 bridgehead atoms. The van der Waals surface area contributed by atoms with E-state index < -0.39 is 40.0 Å². The van der Waals surface area contributed by atoms with Gasteiger partial charge in [0.15, 0.2) is 0 Å². The van der Waals surface area contributed by atoms with Crippen LogP contribution in [0.2, 0.25) is 0 Å². The Labute approximate surface area is 382 Å². The van der Waals surface area contributed by atoms with Crippen LogP contribution in [0, 0.1) is 5.41 Å². The molecule has 2 N–H and O–H groups in total. The van der Waals surface area contributed by atoms with Crippen molar-refractivity contribution in [1.29, 1.82) is 0 Å². The van der Waals surface area contributed by atoms with Crippen molar-refractivity contribution in [1.82, 2.24) is 9.55 Å². The van der Waals surface area contributed by atoms with Gasteiger partial charge in [0.05, 0.1) is 58.8 Å². The largest absolute Gasteiger partial charge is 0.497 e. The molecule has 1 aliphatic rings. The topological polar surface area (TPSA) is 143 Å². The number of oxime groups is 1. The molecule has 7 aromatic rings. The molecular weight excluding hydrogens is 835 g/mol. The summed E-state index contributed by atoms with van der Waals surface area (Å²) in [7, 11) is 6.44. The Kier molecular flexibility index (Phi) is 13.1. The summed E-state index contributed by atoms with van der Waals surface area (Å²) < 4.78 is 39.3. The number of H-pyrrole nitrogens is 1. The van der Waals surface area contributed by atoms with E-state index in [1.54, 1.807) is 28.4 Å². The first-order chi connectivity index (χ1) is 32.1. The average molecular weight is 886 g/mol. The summed E-state index contributed by atoms with van der Waals surface area (Å²) >= 11 is 0. The minimum absolute atomic E-state index is 0.129. The molecule has 1 fully saturated rings. The van der Waals surface area contributed by atoms with Gasteiger partial charge >= 0.3 is 5.69 Å². The Balaban J connectivity index is 1.39. The first-order valence-corrected chi connectivity index (χ1v) is 21.4. The second kappa shape index (κ2) is 19.2. The number of hydrogen-bond acceptors (Lipinski definition) is 10. The molecule has 336 valence electrons. The molecule has 0 aliphatic heterocycles. The van der Waals surface area contributed by atoms with Gasteiger partial charge in [-0.1, -0.05) is 116 Å². The van der Waals surface area contributed by atoms with Crippen molar-refractivity contribution in [2.24, 2.45) is 10.6 Å². The summed E-state index contributed by atoms with van der Waals surface area (Å²) in [6, 6.07) is 50.8. The van der Waals surface area contributed by atoms with Crippen LogP contribution in [-0.4, -0.2) is 62.1 Å². The van der Waals surface area contributed by atoms with Gasteiger partial charge in [-0.2, -0.15) is 0 Å². The second-order valence-corrected chi connectivity index (χ2v) is 16.0. The fraction of sp³-hybridized carbons (Fsp3) is 0.204. The lowest BCUT2D eigenvalue weighted by Crippen LogP contribution is -2.47. The summed E-state index contributed by atoms with van der Waals surface area (Å²) in [5.41, 5.74) is -0.315. The van der Waals surface area contributed by atoms with E-state index in [1.807, 2.05) is 158 Å². The van der Waals surface area contributed by atoms with E-state index in [4.69, 9.17) is 28.4 Å². The van der Waals surface area contributed by atoms with Gasteiger partial charge in [0.25, 0.3) is 5.56 Å². The van der Waals surface area contributed by atoms with Crippen LogP contribution in [0.4, 0.5) is 0 Å². The van der Waals surface area contributed by atoms with Crippen molar-refractivity contribution in [2.75, 3.05) is 35.0 Å². The Morgan fingerprint density at radius 1 is 0.621 bits per heavy atom. The highest BCUT2D eigenvalue weighted by Gasteiger charge is 2.57. The van der Waals surface area contributed by atoms with Crippen LogP contribution in [0.5, 0.6) is 23.0 Å². The number of rotatable bonds is 17. The van der Waals surface area contributed by atoms with Crippen LogP contribution in [0.3, 0.4) is 0 Å². The lowest BCUT2D eigenvalue weighted by molar-refractivity contribution is -0.103. The number of methoxy groups -OCH3 is 4. The molecule has 3 atom stereocenters. The van der Waals surface area contributed by atoms with Gasteiger partial charge in [0, 0.05) is 12.3 Å². The summed E-state index contributed by atoms with van der Waals surface area (Å²) in [5.74, 6) is 2.60. The van der Waals surface area contributed by atoms with Crippen molar-refractivity contribution >= 4 is 6.21 Å². The number of nitrogens with one attached hydrogen (secondary N) is 1. The van der Waals surface area contributed by atoms with Crippen molar-refractivity contribution in [3.05, 3.63) is 236 Å². The van der Waals surface area contributed by atoms with Crippen molar-refractivity contribution in [2.45, 2.75) is 29.8 Å². The Hall–Kier alpha value is -7.67. The number of aromatic amines is 1. The first kappa shape index (κ1) is 44.9. The highest BCUT2D eigenvalue weighted by molar-refractivity contribution is 5.73. The van der Waals surface area contributed by atoms with Crippen molar-refractivity contribution in [3.8, 4) is 23.0 Å². The number of ether oxygens (including phenoxy) is 6. The van der Waals surface area contributed by atoms with Gasteiger partial charge in [0.1, 0.15) is 34.2 Å². The Bertz CT molecular complexity index is 2790. The van der Waals surface area contributed by atoms with Crippen LogP contribution >= 0.6 is 0 Å². The Morgan fingerprint density at radius 2 is 1.02 bits per heavy atom. The number of aromatic nitrogens is 2. The molecule has 3 unspecified atom stereocenters. The summed E-state index contributed by atoms with van der Waals surface area (Å²) in [6.07, 6.45) is 2.02. The van der Waals surface area contributed by atoms with E-state index in [9.17, 15) is 14.8 Å². The molecule has 66 heavy (non-hydrogen) atoms. The minimum Gasteiger partial charge on any atom is -0.497 e. The standard InChI is InChI=1S/C54H51N3O9/c1-37-48(57-33-32-50(58)56-51(57)59)34-49(66-54(39-14-10-7-11-15-39,42-20-28-46(63-4)29-21-42)43-22-30-47(64-5)31-23-43)52(37,35-55-60)36-65-53(38-12-8-6-9-13-38,40-16-24-44(61-2)25-17-40)41-18-26-45(62-3)27-19-41/h6-33,35,48-49,60H,1,34,36H2,2-5H3,(H,56,58,59)/b55-35+. The third-order valence-electron chi connectivity index (χ3n) is 12.7. The van der Waals surface area contributed by atoms with E-state index in [2.05, 4.69) is 16.7 Å².